The van der Waals surface area contributed by atoms with E-state index in [1.807, 2.05) is 0 Å². The fraction of sp³-hybridized carbons (Fsp3) is 0.200. The number of ether oxygens (including phenoxy) is 2. The van der Waals surface area contributed by atoms with Gasteiger partial charge in [-0.1, -0.05) is 12.1 Å². The smallest absolute Gasteiger partial charge is 0.340 e. The highest BCUT2D eigenvalue weighted by atomic mass is 32.1. The maximum absolute atomic E-state index is 12.9. The Kier molecular flexibility index (Phi) is 6.94. The number of carbonyl (C=O) groups excluding carboxylic acids is 1. The van der Waals surface area contributed by atoms with Gasteiger partial charge in [-0.2, -0.15) is 0 Å². The number of thiazole rings is 1. The molecule has 2 N–H and O–H groups in total. The predicted molar refractivity (Wildman–Crippen MR) is 104 cm³/mol. The van der Waals surface area contributed by atoms with Crippen molar-refractivity contribution in [3.63, 3.8) is 0 Å². The summed E-state index contributed by atoms with van der Waals surface area (Å²) < 4.78 is 23.8. The summed E-state index contributed by atoms with van der Waals surface area (Å²) in [6, 6.07) is 12.7. The Balaban J connectivity index is 1.53. The number of aromatic nitrogens is 1. The van der Waals surface area contributed by atoms with Gasteiger partial charge in [0.25, 0.3) is 0 Å². The van der Waals surface area contributed by atoms with E-state index in [1.165, 1.54) is 23.5 Å². The second-order valence-electron chi connectivity index (χ2n) is 5.75. The Bertz CT molecular complexity index is 915. The van der Waals surface area contributed by atoms with E-state index >= 15 is 0 Å². The van der Waals surface area contributed by atoms with Crippen molar-refractivity contribution >= 4 is 23.0 Å². The van der Waals surface area contributed by atoms with E-state index in [-0.39, 0.29) is 25.6 Å². The van der Waals surface area contributed by atoms with Crippen molar-refractivity contribution in [2.75, 3.05) is 18.5 Å². The molecule has 3 aromatic rings. The van der Waals surface area contributed by atoms with Crippen molar-refractivity contribution in [3.8, 4) is 5.75 Å². The van der Waals surface area contributed by atoms with Crippen LogP contribution >= 0.6 is 11.3 Å². The zero-order chi connectivity index (χ0) is 19.8. The minimum absolute atomic E-state index is 0.0367. The molecule has 3 rings (SSSR count). The normalized spacial score (nSPS) is 10.5. The van der Waals surface area contributed by atoms with Gasteiger partial charge in [0, 0.05) is 17.6 Å². The molecule has 0 radical (unpaired) electrons. The van der Waals surface area contributed by atoms with E-state index in [4.69, 9.17) is 14.6 Å². The number of benzene rings is 2. The Morgan fingerprint density at radius 3 is 2.71 bits per heavy atom. The summed E-state index contributed by atoms with van der Waals surface area (Å²) in [5.74, 6) is -0.242. The molecule has 28 heavy (non-hydrogen) atoms. The van der Waals surface area contributed by atoms with E-state index in [1.54, 1.807) is 41.8 Å². The van der Waals surface area contributed by atoms with E-state index in [0.717, 1.165) is 5.01 Å². The van der Waals surface area contributed by atoms with Crippen LogP contribution in [0.15, 0.2) is 53.9 Å². The van der Waals surface area contributed by atoms with Crippen LogP contribution < -0.4 is 10.1 Å². The number of hydrogen-bond donors (Lipinski definition) is 2. The van der Waals surface area contributed by atoms with Crippen LogP contribution in [0.2, 0.25) is 0 Å². The molecule has 1 heterocycles. The zero-order valence-corrected chi connectivity index (χ0v) is 15.7. The molecule has 2 aromatic carbocycles. The standard InChI is InChI=1S/C20H19FN2O4S/c21-14-5-7-16(8-6-14)26-12-19-23-15(13-28-19)11-27-20(25)17-3-1-2-4-18(17)22-9-10-24/h1-8,13,22,24H,9-12H2. The molecule has 0 saturated heterocycles. The minimum atomic E-state index is -0.474. The van der Waals surface area contributed by atoms with Crippen LogP contribution in [0.25, 0.3) is 0 Å². The number of aliphatic hydroxyl groups excluding tert-OH is 1. The molecule has 0 saturated carbocycles. The van der Waals surface area contributed by atoms with Gasteiger partial charge in [0.2, 0.25) is 0 Å². The van der Waals surface area contributed by atoms with Gasteiger partial charge in [-0.25, -0.2) is 14.2 Å². The third-order valence-electron chi connectivity index (χ3n) is 3.70. The van der Waals surface area contributed by atoms with Crippen LogP contribution in [-0.2, 0) is 18.0 Å². The fourth-order valence-corrected chi connectivity index (χ4v) is 3.07. The van der Waals surface area contributed by atoms with E-state index in [2.05, 4.69) is 10.3 Å². The van der Waals surface area contributed by atoms with Crippen LogP contribution in [0, 0.1) is 5.82 Å². The number of nitrogens with zero attached hydrogens (tertiary/aromatic N) is 1. The number of halogens is 1. The molecule has 6 nitrogen and oxygen atoms in total. The minimum Gasteiger partial charge on any atom is -0.486 e. The number of esters is 1. The number of rotatable bonds is 9. The lowest BCUT2D eigenvalue weighted by Crippen LogP contribution is -2.12. The Hall–Kier alpha value is -2.97. The van der Waals surface area contributed by atoms with Gasteiger partial charge in [0.15, 0.2) is 0 Å². The Morgan fingerprint density at radius 2 is 1.93 bits per heavy atom. The summed E-state index contributed by atoms with van der Waals surface area (Å²) in [5.41, 5.74) is 1.62. The summed E-state index contributed by atoms with van der Waals surface area (Å²) in [4.78, 5) is 16.7. The van der Waals surface area contributed by atoms with Crippen molar-refractivity contribution in [1.82, 2.24) is 4.98 Å². The van der Waals surface area contributed by atoms with Gasteiger partial charge in [0.05, 0.1) is 17.9 Å². The molecule has 0 fully saturated rings. The van der Waals surface area contributed by atoms with Crippen LogP contribution in [-0.4, -0.2) is 29.2 Å². The van der Waals surface area contributed by atoms with Crippen LogP contribution in [0.5, 0.6) is 5.75 Å². The van der Waals surface area contributed by atoms with Crippen LogP contribution in [0.3, 0.4) is 0 Å². The fourth-order valence-electron chi connectivity index (χ4n) is 2.38. The maximum atomic E-state index is 12.9. The van der Waals surface area contributed by atoms with Gasteiger partial charge in [-0.15, -0.1) is 11.3 Å². The van der Waals surface area contributed by atoms with E-state index < -0.39 is 5.97 Å². The summed E-state index contributed by atoms with van der Waals surface area (Å²) in [6.45, 7) is 0.594. The van der Waals surface area contributed by atoms with Gasteiger partial charge >= 0.3 is 5.97 Å². The lowest BCUT2D eigenvalue weighted by atomic mass is 10.2. The van der Waals surface area contributed by atoms with Crippen molar-refractivity contribution in [1.29, 1.82) is 0 Å². The first-order valence-electron chi connectivity index (χ1n) is 8.58. The number of aliphatic hydroxyl groups is 1. The van der Waals surface area contributed by atoms with Crippen molar-refractivity contribution < 1.29 is 23.8 Å². The van der Waals surface area contributed by atoms with Gasteiger partial charge in [0.1, 0.15) is 29.8 Å². The number of nitrogens with one attached hydrogen (secondary N) is 1. The number of hydrogen-bond acceptors (Lipinski definition) is 7. The highest BCUT2D eigenvalue weighted by Crippen LogP contribution is 2.19. The molecular weight excluding hydrogens is 383 g/mol. The maximum Gasteiger partial charge on any atom is 0.340 e. The number of carbonyl (C=O) groups is 1. The molecule has 0 unspecified atom stereocenters. The molecule has 0 aliphatic carbocycles. The van der Waals surface area contributed by atoms with Crippen molar-refractivity contribution in [2.24, 2.45) is 0 Å². The van der Waals surface area contributed by atoms with Crippen molar-refractivity contribution in [3.05, 3.63) is 76.0 Å². The molecule has 1 aromatic heterocycles. The van der Waals surface area contributed by atoms with Crippen molar-refractivity contribution in [2.45, 2.75) is 13.2 Å². The molecule has 146 valence electrons. The van der Waals surface area contributed by atoms with E-state index in [9.17, 15) is 9.18 Å². The lowest BCUT2D eigenvalue weighted by Gasteiger charge is -2.10. The summed E-state index contributed by atoms with van der Waals surface area (Å²) in [6.07, 6.45) is 0. The molecule has 0 atom stereocenters. The third-order valence-corrected chi connectivity index (χ3v) is 4.57. The number of para-hydroxylation sites is 1. The van der Waals surface area contributed by atoms with Crippen LogP contribution in [0.1, 0.15) is 21.1 Å². The highest BCUT2D eigenvalue weighted by Gasteiger charge is 2.13. The predicted octanol–water partition coefficient (Wildman–Crippen LogP) is 3.62. The molecule has 0 spiro atoms. The monoisotopic (exact) mass is 402 g/mol. The molecule has 8 heteroatoms. The zero-order valence-electron chi connectivity index (χ0n) is 14.9. The summed E-state index contributed by atoms with van der Waals surface area (Å²) >= 11 is 1.39. The molecule has 0 aliphatic heterocycles. The van der Waals surface area contributed by atoms with Crippen LogP contribution in [0.4, 0.5) is 10.1 Å². The molecule has 0 bridgehead atoms. The third kappa shape index (κ3) is 5.51. The molecule has 0 amide bonds. The Morgan fingerprint density at radius 1 is 1.14 bits per heavy atom. The quantitative estimate of drug-likeness (QED) is 0.532. The van der Waals surface area contributed by atoms with Gasteiger partial charge in [-0.3, -0.25) is 0 Å². The molecule has 0 aliphatic rings. The average Bonchev–Trinajstić information content (AvgIpc) is 3.18. The number of anilines is 1. The average molecular weight is 402 g/mol. The Labute approximate surface area is 165 Å². The van der Waals surface area contributed by atoms with Gasteiger partial charge < -0.3 is 19.9 Å². The van der Waals surface area contributed by atoms with Gasteiger partial charge in [-0.05, 0) is 36.4 Å². The lowest BCUT2D eigenvalue weighted by molar-refractivity contribution is 0.0469. The van der Waals surface area contributed by atoms with E-state index in [0.29, 0.717) is 29.2 Å². The first-order chi connectivity index (χ1) is 13.7. The second-order valence-corrected chi connectivity index (χ2v) is 6.69. The summed E-state index contributed by atoms with van der Waals surface area (Å²) in [7, 11) is 0. The molecular formula is C20H19FN2O4S. The summed E-state index contributed by atoms with van der Waals surface area (Å²) in [5, 5.41) is 14.4. The first kappa shape index (κ1) is 19.8. The first-order valence-corrected chi connectivity index (χ1v) is 9.46. The SMILES string of the molecule is O=C(OCc1csc(COc2ccc(F)cc2)n1)c1ccccc1NCCO. The largest absolute Gasteiger partial charge is 0.486 e. The second kappa shape index (κ2) is 9.82. The topological polar surface area (TPSA) is 80.7 Å². The highest BCUT2D eigenvalue weighted by molar-refractivity contribution is 7.09.